The maximum Gasteiger partial charge on any atom is 0.223 e. The minimum absolute atomic E-state index is 0.0220. The van der Waals surface area contributed by atoms with E-state index in [0.717, 1.165) is 30.9 Å². The lowest BCUT2D eigenvalue weighted by Crippen LogP contribution is -2.42. The van der Waals surface area contributed by atoms with Gasteiger partial charge in [0, 0.05) is 24.0 Å². The third kappa shape index (κ3) is 3.81. The second-order valence-electron chi connectivity index (χ2n) is 5.71. The first-order valence-corrected chi connectivity index (χ1v) is 8.00. The zero-order chi connectivity index (χ0) is 14.6. The predicted octanol–water partition coefficient (Wildman–Crippen LogP) is 2.13. The van der Waals surface area contributed by atoms with E-state index in [1.807, 2.05) is 24.4 Å². The van der Waals surface area contributed by atoms with Gasteiger partial charge in [-0.2, -0.15) is 0 Å². The molecule has 2 unspecified atom stereocenters. The zero-order valence-electron chi connectivity index (χ0n) is 12.1. The van der Waals surface area contributed by atoms with Crippen LogP contribution >= 0.6 is 11.3 Å². The summed E-state index contributed by atoms with van der Waals surface area (Å²) in [5.74, 6) is 0.377. The van der Waals surface area contributed by atoms with E-state index in [1.54, 1.807) is 6.92 Å². The fraction of sp³-hybridized carbons (Fsp3) is 0.667. The van der Waals surface area contributed by atoms with Crippen molar-refractivity contribution in [3.05, 3.63) is 22.4 Å². The first-order valence-electron chi connectivity index (χ1n) is 7.12. The van der Waals surface area contributed by atoms with Crippen LogP contribution in [-0.4, -0.2) is 30.8 Å². The van der Waals surface area contributed by atoms with Crippen molar-refractivity contribution >= 4 is 17.2 Å². The molecule has 2 rings (SSSR count). The Morgan fingerprint density at radius 3 is 2.90 bits per heavy atom. The summed E-state index contributed by atoms with van der Waals surface area (Å²) < 4.78 is 5.32. The molecule has 0 bridgehead atoms. The number of hydrogen-bond acceptors (Lipinski definition) is 4. The average molecular weight is 297 g/mol. The highest BCUT2D eigenvalue weighted by atomic mass is 32.1. The smallest absolute Gasteiger partial charge is 0.223 e. The highest BCUT2D eigenvalue weighted by Gasteiger charge is 2.29. The van der Waals surface area contributed by atoms with Crippen LogP contribution in [0, 0.1) is 11.8 Å². The highest BCUT2D eigenvalue weighted by molar-refractivity contribution is 7.10. The molecule has 1 aliphatic heterocycles. The van der Waals surface area contributed by atoms with Crippen molar-refractivity contribution < 1.29 is 14.6 Å². The quantitative estimate of drug-likeness (QED) is 0.875. The van der Waals surface area contributed by atoms with Crippen LogP contribution in [-0.2, 0) is 15.1 Å². The Kier molecular flexibility index (Phi) is 5.18. The first-order chi connectivity index (χ1) is 9.50. The predicted molar refractivity (Wildman–Crippen MR) is 79.6 cm³/mol. The van der Waals surface area contributed by atoms with E-state index < -0.39 is 5.60 Å². The fourth-order valence-corrected chi connectivity index (χ4v) is 3.31. The van der Waals surface area contributed by atoms with Crippen LogP contribution in [0.25, 0.3) is 0 Å². The molecule has 0 aliphatic carbocycles. The molecule has 1 aliphatic rings. The minimum Gasteiger partial charge on any atom is -0.383 e. The van der Waals surface area contributed by atoms with Gasteiger partial charge in [0.1, 0.15) is 5.60 Å². The molecule has 20 heavy (non-hydrogen) atoms. The number of thiophene rings is 1. The van der Waals surface area contributed by atoms with Crippen LogP contribution in [0.15, 0.2) is 17.5 Å². The molecular formula is C15H23NO3S. The lowest BCUT2D eigenvalue weighted by molar-refractivity contribution is -0.128. The van der Waals surface area contributed by atoms with Crippen LogP contribution in [0.5, 0.6) is 0 Å². The van der Waals surface area contributed by atoms with E-state index in [-0.39, 0.29) is 18.4 Å². The van der Waals surface area contributed by atoms with E-state index in [4.69, 9.17) is 4.74 Å². The Labute approximate surface area is 124 Å². The Morgan fingerprint density at radius 2 is 2.30 bits per heavy atom. The molecule has 2 atom stereocenters. The van der Waals surface area contributed by atoms with Crippen LogP contribution in [0.4, 0.5) is 0 Å². The largest absolute Gasteiger partial charge is 0.383 e. The van der Waals surface area contributed by atoms with Gasteiger partial charge < -0.3 is 15.2 Å². The minimum atomic E-state index is -1.00. The molecule has 0 aromatic carbocycles. The number of hydrogen-bond donors (Lipinski definition) is 2. The van der Waals surface area contributed by atoms with Gasteiger partial charge in [0.15, 0.2) is 0 Å². The van der Waals surface area contributed by atoms with E-state index in [1.165, 1.54) is 11.3 Å². The second kappa shape index (κ2) is 6.70. The maximum absolute atomic E-state index is 12.2. The molecule has 0 radical (unpaired) electrons. The topological polar surface area (TPSA) is 58.6 Å². The molecule has 112 valence electrons. The summed E-state index contributed by atoms with van der Waals surface area (Å²) in [6, 6.07) is 3.79. The molecule has 4 nitrogen and oxygen atoms in total. The van der Waals surface area contributed by atoms with Crippen molar-refractivity contribution in [2.75, 3.05) is 19.8 Å². The SMILES string of the molecule is CC(C(=O)NCC(C)(O)c1cccs1)C1CCOCC1. The standard InChI is InChI=1S/C15H23NO3S/c1-11(12-5-7-19-8-6-12)14(17)16-10-15(2,18)13-4-3-9-20-13/h3-4,9,11-12,18H,5-8,10H2,1-2H3,(H,16,17). The summed E-state index contributed by atoms with van der Waals surface area (Å²) in [5.41, 5.74) is -1.00. The van der Waals surface area contributed by atoms with Crippen molar-refractivity contribution in [2.24, 2.45) is 11.8 Å². The molecule has 1 fully saturated rings. The molecule has 0 saturated carbocycles. The first kappa shape index (κ1) is 15.5. The molecule has 1 saturated heterocycles. The molecule has 1 amide bonds. The van der Waals surface area contributed by atoms with Gasteiger partial charge in [-0.1, -0.05) is 13.0 Å². The zero-order valence-corrected chi connectivity index (χ0v) is 12.9. The van der Waals surface area contributed by atoms with E-state index in [9.17, 15) is 9.90 Å². The molecule has 2 N–H and O–H groups in total. The fourth-order valence-electron chi connectivity index (χ4n) is 2.52. The van der Waals surface area contributed by atoms with Gasteiger partial charge in [0.2, 0.25) is 5.91 Å². The Bertz CT molecular complexity index is 424. The number of ether oxygens (including phenoxy) is 1. The van der Waals surface area contributed by atoms with Crippen molar-refractivity contribution in [3.8, 4) is 0 Å². The maximum atomic E-state index is 12.2. The lowest BCUT2D eigenvalue weighted by atomic mass is 9.86. The number of carbonyl (C=O) groups excluding carboxylic acids is 1. The van der Waals surface area contributed by atoms with Gasteiger partial charge in [-0.05, 0) is 37.1 Å². The number of aliphatic hydroxyl groups is 1. The van der Waals surface area contributed by atoms with Crippen LogP contribution < -0.4 is 5.32 Å². The van der Waals surface area contributed by atoms with Gasteiger partial charge >= 0.3 is 0 Å². The third-order valence-corrected chi connectivity index (χ3v) is 5.17. The molecule has 5 heteroatoms. The summed E-state index contributed by atoms with van der Waals surface area (Å²) in [5, 5.41) is 15.2. The Balaban J connectivity index is 1.85. The lowest BCUT2D eigenvalue weighted by Gasteiger charge is -2.28. The summed E-state index contributed by atoms with van der Waals surface area (Å²) in [6.45, 7) is 5.44. The summed E-state index contributed by atoms with van der Waals surface area (Å²) in [6.07, 6.45) is 1.88. The van der Waals surface area contributed by atoms with Crippen LogP contribution in [0.2, 0.25) is 0 Å². The van der Waals surface area contributed by atoms with Crippen molar-refractivity contribution in [1.29, 1.82) is 0 Å². The van der Waals surface area contributed by atoms with E-state index >= 15 is 0 Å². The normalized spacial score (nSPS) is 21.1. The number of carbonyl (C=O) groups is 1. The third-order valence-electron chi connectivity index (χ3n) is 4.05. The number of rotatable bonds is 5. The van der Waals surface area contributed by atoms with Gasteiger partial charge in [0.05, 0.1) is 6.54 Å². The summed E-state index contributed by atoms with van der Waals surface area (Å²) in [7, 11) is 0. The van der Waals surface area contributed by atoms with Crippen LogP contribution in [0.1, 0.15) is 31.6 Å². The van der Waals surface area contributed by atoms with Crippen molar-refractivity contribution in [2.45, 2.75) is 32.3 Å². The van der Waals surface area contributed by atoms with E-state index in [2.05, 4.69) is 5.32 Å². The molecule has 2 heterocycles. The highest BCUT2D eigenvalue weighted by Crippen LogP contribution is 2.26. The number of nitrogens with one attached hydrogen (secondary N) is 1. The van der Waals surface area contributed by atoms with Crippen molar-refractivity contribution in [3.63, 3.8) is 0 Å². The average Bonchev–Trinajstić information content (AvgIpc) is 3.00. The Hall–Kier alpha value is -0.910. The molecule has 1 aromatic heterocycles. The monoisotopic (exact) mass is 297 g/mol. The van der Waals surface area contributed by atoms with Gasteiger partial charge in [0.25, 0.3) is 0 Å². The molecular weight excluding hydrogens is 274 g/mol. The second-order valence-corrected chi connectivity index (χ2v) is 6.66. The summed E-state index contributed by atoms with van der Waals surface area (Å²) in [4.78, 5) is 13.1. The van der Waals surface area contributed by atoms with Gasteiger partial charge in [-0.25, -0.2) is 0 Å². The molecule has 0 spiro atoms. The van der Waals surface area contributed by atoms with Crippen LogP contribution in [0.3, 0.4) is 0 Å². The van der Waals surface area contributed by atoms with Gasteiger partial charge in [-0.15, -0.1) is 11.3 Å². The van der Waals surface area contributed by atoms with Gasteiger partial charge in [-0.3, -0.25) is 4.79 Å². The number of amides is 1. The Morgan fingerprint density at radius 1 is 1.60 bits per heavy atom. The molecule has 1 aromatic rings. The van der Waals surface area contributed by atoms with E-state index in [0.29, 0.717) is 5.92 Å². The summed E-state index contributed by atoms with van der Waals surface area (Å²) >= 11 is 1.50. The van der Waals surface area contributed by atoms with Crippen molar-refractivity contribution in [1.82, 2.24) is 5.32 Å².